The molecule has 0 spiro atoms. The van der Waals surface area contributed by atoms with Crippen molar-refractivity contribution in [3.05, 3.63) is 84.7 Å². The topological polar surface area (TPSA) is 105 Å². The van der Waals surface area contributed by atoms with E-state index < -0.39 is 4.92 Å². The Morgan fingerprint density at radius 2 is 1.93 bits per heavy atom. The van der Waals surface area contributed by atoms with Gasteiger partial charge in [0.15, 0.2) is 0 Å². The van der Waals surface area contributed by atoms with E-state index in [-0.39, 0.29) is 5.82 Å². The van der Waals surface area contributed by atoms with Crippen molar-refractivity contribution in [1.82, 2.24) is 29.8 Å². The van der Waals surface area contributed by atoms with Gasteiger partial charge in [-0.25, -0.2) is 0 Å². The molecule has 0 N–H and O–H groups in total. The van der Waals surface area contributed by atoms with Gasteiger partial charge < -0.3 is 10.1 Å². The van der Waals surface area contributed by atoms with Gasteiger partial charge in [0.2, 0.25) is 0 Å². The first-order chi connectivity index (χ1) is 14.0. The van der Waals surface area contributed by atoms with Gasteiger partial charge >= 0.3 is 5.82 Å². The Labute approximate surface area is 174 Å². The average Bonchev–Trinajstić information content (AvgIpc) is 3.40. The van der Waals surface area contributed by atoms with Crippen LogP contribution in [0.3, 0.4) is 0 Å². The van der Waals surface area contributed by atoms with Crippen LogP contribution >= 0.6 is 22.9 Å². The molecule has 0 saturated heterocycles. The van der Waals surface area contributed by atoms with Gasteiger partial charge in [-0.1, -0.05) is 41.1 Å². The quantitative estimate of drug-likeness (QED) is 0.329. The summed E-state index contributed by atoms with van der Waals surface area (Å²) >= 11 is 7.65. The van der Waals surface area contributed by atoms with Crippen molar-refractivity contribution in [3.63, 3.8) is 0 Å². The summed E-state index contributed by atoms with van der Waals surface area (Å²) in [6.07, 6.45) is 2.47. The fraction of sp³-hybridized carbons (Fsp3) is 0.222. The van der Waals surface area contributed by atoms with Gasteiger partial charge in [-0.2, -0.15) is 9.78 Å². The molecule has 0 atom stereocenters. The first-order valence-corrected chi connectivity index (χ1v) is 9.93. The minimum atomic E-state index is -0.506. The minimum Gasteiger partial charge on any atom is -0.358 e. The zero-order valence-electron chi connectivity index (χ0n) is 15.4. The lowest BCUT2D eigenvalue weighted by atomic mass is 10.2. The van der Waals surface area contributed by atoms with Crippen molar-refractivity contribution in [2.75, 3.05) is 0 Å². The SMILES string of the molecule is Cc1cc([N+](=O)[O-])nn1Cc1nnc(Cc2ccn(Cc3ccccc3Cl)n2)s1. The van der Waals surface area contributed by atoms with E-state index in [2.05, 4.69) is 20.4 Å². The Morgan fingerprint density at radius 3 is 2.69 bits per heavy atom. The summed E-state index contributed by atoms with van der Waals surface area (Å²) in [5.41, 5.74) is 2.59. The van der Waals surface area contributed by atoms with Crippen molar-refractivity contribution in [2.45, 2.75) is 26.4 Å². The normalized spacial score (nSPS) is 11.1. The number of rotatable bonds is 7. The van der Waals surface area contributed by atoms with E-state index in [1.165, 1.54) is 17.4 Å². The van der Waals surface area contributed by atoms with Crippen LogP contribution in [0.4, 0.5) is 5.82 Å². The predicted molar refractivity (Wildman–Crippen MR) is 108 cm³/mol. The van der Waals surface area contributed by atoms with Gasteiger partial charge in [-0.05, 0) is 29.5 Å². The molecule has 9 nitrogen and oxygen atoms in total. The van der Waals surface area contributed by atoms with Crippen molar-refractivity contribution < 1.29 is 4.92 Å². The Morgan fingerprint density at radius 1 is 1.14 bits per heavy atom. The highest BCUT2D eigenvalue weighted by atomic mass is 35.5. The average molecular weight is 430 g/mol. The van der Waals surface area contributed by atoms with Crippen molar-refractivity contribution >= 4 is 28.8 Å². The molecule has 3 aromatic heterocycles. The van der Waals surface area contributed by atoms with Crippen LogP contribution in [-0.2, 0) is 19.5 Å². The van der Waals surface area contributed by atoms with Crippen LogP contribution < -0.4 is 0 Å². The molecule has 0 radical (unpaired) electrons. The fourth-order valence-corrected chi connectivity index (χ4v) is 3.87. The van der Waals surface area contributed by atoms with E-state index in [4.69, 9.17) is 11.6 Å². The lowest BCUT2D eigenvalue weighted by Crippen LogP contribution is -2.03. The molecule has 0 aliphatic rings. The molecular formula is C18H16ClN7O2S. The second kappa shape index (κ2) is 8.10. The second-order valence-electron chi connectivity index (χ2n) is 6.42. The Kier molecular flexibility index (Phi) is 5.36. The Balaban J connectivity index is 1.41. The molecule has 29 heavy (non-hydrogen) atoms. The van der Waals surface area contributed by atoms with E-state index in [9.17, 15) is 10.1 Å². The van der Waals surface area contributed by atoms with Crippen LogP contribution in [0.5, 0.6) is 0 Å². The lowest BCUT2D eigenvalue weighted by Gasteiger charge is -2.03. The number of nitrogens with zero attached hydrogens (tertiary/aromatic N) is 7. The number of halogens is 1. The van der Waals surface area contributed by atoms with Crippen LogP contribution in [0.15, 0.2) is 42.6 Å². The molecule has 0 fully saturated rings. The molecule has 0 saturated carbocycles. The summed E-state index contributed by atoms with van der Waals surface area (Å²) in [5.74, 6) is -0.170. The maximum Gasteiger partial charge on any atom is 0.390 e. The number of hydrogen-bond donors (Lipinski definition) is 0. The molecule has 0 aliphatic heterocycles. The lowest BCUT2D eigenvalue weighted by molar-refractivity contribution is -0.389. The third-order valence-corrected chi connectivity index (χ3v) is 5.54. The largest absolute Gasteiger partial charge is 0.390 e. The van der Waals surface area contributed by atoms with E-state index in [1.54, 1.807) is 11.6 Å². The van der Waals surface area contributed by atoms with Gasteiger partial charge in [0.1, 0.15) is 16.6 Å². The van der Waals surface area contributed by atoms with Gasteiger partial charge in [-0.15, -0.1) is 10.2 Å². The van der Waals surface area contributed by atoms with Crippen LogP contribution in [0, 0.1) is 17.0 Å². The summed E-state index contributed by atoms with van der Waals surface area (Å²) in [5, 5.41) is 30.1. The predicted octanol–water partition coefficient (Wildman–Crippen LogP) is 3.49. The molecule has 0 aliphatic carbocycles. The van der Waals surface area contributed by atoms with E-state index in [0.29, 0.717) is 30.2 Å². The highest BCUT2D eigenvalue weighted by molar-refractivity contribution is 7.11. The van der Waals surface area contributed by atoms with Gasteiger partial charge in [-0.3, -0.25) is 4.68 Å². The van der Waals surface area contributed by atoms with Crippen molar-refractivity contribution in [3.8, 4) is 0 Å². The van der Waals surface area contributed by atoms with Gasteiger partial charge in [0.05, 0.1) is 29.1 Å². The van der Waals surface area contributed by atoms with E-state index >= 15 is 0 Å². The number of hydrogen-bond acceptors (Lipinski definition) is 7. The van der Waals surface area contributed by atoms with Crippen molar-refractivity contribution in [2.24, 2.45) is 0 Å². The third kappa shape index (κ3) is 4.49. The van der Waals surface area contributed by atoms with Crippen LogP contribution in [0.25, 0.3) is 0 Å². The van der Waals surface area contributed by atoms with Crippen molar-refractivity contribution in [1.29, 1.82) is 0 Å². The summed E-state index contributed by atoms with van der Waals surface area (Å²) in [6, 6.07) is 11.1. The zero-order chi connectivity index (χ0) is 20.4. The molecule has 11 heteroatoms. The molecule has 3 heterocycles. The van der Waals surface area contributed by atoms with E-state index in [0.717, 1.165) is 21.3 Å². The van der Waals surface area contributed by atoms with E-state index in [1.807, 2.05) is 41.2 Å². The summed E-state index contributed by atoms with van der Waals surface area (Å²) in [6.45, 7) is 2.71. The summed E-state index contributed by atoms with van der Waals surface area (Å²) in [4.78, 5) is 10.3. The molecule has 4 rings (SSSR count). The highest BCUT2D eigenvalue weighted by Gasteiger charge is 2.17. The maximum atomic E-state index is 10.9. The zero-order valence-corrected chi connectivity index (χ0v) is 17.0. The first kappa shape index (κ1) is 19.2. The van der Waals surface area contributed by atoms with Crippen LogP contribution in [0.1, 0.15) is 27.0 Å². The number of benzene rings is 1. The second-order valence-corrected chi connectivity index (χ2v) is 7.97. The van der Waals surface area contributed by atoms with Crippen LogP contribution in [-0.4, -0.2) is 34.7 Å². The van der Waals surface area contributed by atoms with Gasteiger partial charge in [0, 0.05) is 17.6 Å². The molecule has 0 unspecified atom stereocenters. The number of aromatic nitrogens is 6. The third-order valence-electron chi connectivity index (χ3n) is 4.27. The Bertz CT molecular complexity index is 1170. The Hall–Kier alpha value is -3.11. The first-order valence-electron chi connectivity index (χ1n) is 8.74. The molecule has 0 amide bonds. The summed E-state index contributed by atoms with van der Waals surface area (Å²) < 4.78 is 3.39. The molecule has 148 valence electrons. The fourth-order valence-electron chi connectivity index (χ4n) is 2.84. The maximum absolute atomic E-state index is 10.9. The smallest absolute Gasteiger partial charge is 0.358 e. The van der Waals surface area contributed by atoms with Crippen LogP contribution in [0.2, 0.25) is 5.02 Å². The van der Waals surface area contributed by atoms with Gasteiger partial charge in [0.25, 0.3) is 0 Å². The standard InChI is InChI=1S/C18H16ClN7O2S/c1-12-8-16(26(27)28)23-25(12)11-18-21-20-17(29-18)9-14-6-7-24(22-14)10-13-4-2-3-5-15(13)19/h2-8H,9-11H2,1H3. The molecule has 1 aromatic carbocycles. The molecule has 0 bridgehead atoms. The molecular weight excluding hydrogens is 414 g/mol. The monoisotopic (exact) mass is 429 g/mol. The highest BCUT2D eigenvalue weighted by Crippen LogP contribution is 2.19. The summed E-state index contributed by atoms with van der Waals surface area (Å²) in [7, 11) is 0. The number of nitro groups is 1. The minimum absolute atomic E-state index is 0.170. The molecule has 4 aromatic rings. The number of aryl methyl sites for hydroxylation is 1.